The second-order valence-corrected chi connectivity index (χ2v) is 2.67. The Labute approximate surface area is 64.5 Å². The van der Waals surface area contributed by atoms with Crippen molar-refractivity contribution in [1.29, 1.82) is 0 Å². The van der Waals surface area contributed by atoms with Gasteiger partial charge in [0.2, 0.25) is 5.91 Å². The Balaban J connectivity index is 2.51. The highest BCUT2D eigenvalue weighted by atomic mass is 16.1. The van der Waals surface area contributed by atoms with Crippen molar-refractivity contribution >= 4 is 11.6 Å². The molecule has 1 aromatic heterocycles. The van der Waals surface area contributed by atoms with Gasteiger partial charge in [0.1, 0.15) is 0 Å². The number of fused-ring (bicyclic) bond motifs is 1. The predicted molar refractivity (Wildman–Crippen MR) is 41.3 cm³/mol. The van der Waals surface area contributed by atoms with Gasteiger partial charge in [-0.15, -0.1) is 0 Å². The number of rotatable bonds is 0. The molecule has 0 saturated heterocycles. The van der Waals surface area contributed by atoms with E-state index >= 15 is 0 Å². The lowest BCUT2D eigenvalue weighted by molar-refractivity contribution is -0.115. The third-order valence-electron chi connectivity index (χ3n) is 1.72. The van der Waals surface area contributed by atoms with E-state index < -0.39 is 0 Å². The Hall–Kier alpha value is -1.38. The molecule has 0 spiro atoms. The smallest absolute Gasteiger partial charge is 0.230 e. The second kappa shape index (κ2) is 2.05. The van der Waals surface area contributed by atoms with Crippen molar-refractivity contribution < 1.29 is 4.79 Å². The van der Waals surface area contributed by atoms with Gasteiger partial charge in [-0.05, 0) is 19.1 Å². The molecule has 3 heteroatoms. The van der Waals surface area contributed by atoms with Crippen LogP contribution in [-0.2, 0) is 11.2 Å². The van der Waals surface area contributed by atoms with Crippen molar-refractivity contribution in [3.63, 3.8) is 0 Å². The molecular formula is C8H8N2O. The third kappa shape index (κ3) is 0.981. The summed E-state index contributed by atoms with van der Waals surface area (Å²) in [5.74, 6) is 0.0399. The van der Waals surface area contributed by atoms with Gasteiger partial charge in [-0.1, -0.05) is 0 Å². The molecule has 2 rings (SSSR count). The van der Waals surface area contributed by atoms with Crippen LogP contribution in [0.5, 0.6) is 0 Å². The normalized spacial score (nSPS) is 14.5. The van der Waals surface area contributed by atoms with Crippen LogP contribution in [0, 0.1) is 6.92 Å². The summed E-state index contributed by atoms with van der Waals surface area (Å²) in [5.41, 5.74) is 2.69. The zero-order chi connectivity index (χ0) is 7.84. The fourth-order valence-corrected chi connectivity index (χ4v) is 1.21. The van der Waals surface area contributed by atoms with Crippen LogP contribution in [0.25, 0.3) is 0 Å². The number of carbonyl (C=O) groups is 1. The van der Waals surface area contributed by atoms with Crippen LogP contribution in [0.3, 0.4) is 0 Å². The van der Waals surface area contributed by atoms with Crippen LogP contribution < -0.4 is 5.32 Å². The standard InChI is InChI=1S/C8H8N2O/c1-5-2-3-6-7(9-5)4-8(11)10-6/h2-3H,4H2,1H3,(H,10,11). The van der Waals surface area contributed by atoms with Crippen LogP contribution in [0.1, 0.15) is 11.4 Å². The highest BCUT2D eigenvalue weighted by Gasteiger charge is 2.17. The molecule has 0 bridgehead atoms. The molecule has 1 amide bonds. The summed E-state index contributed by atoms with van der Waals surface area (Å²) < 4.78 is 0. The second-order valence-electron chi connectivity index (χ2n) is 2.67. The van der Waals surface area contributed by atoms with Gasteiger partial charge in [0.15, 0.2) is 0 Å². The van der Waals surface area contributed by atoms with Gasteiger partial charge in [0.05, 0.1) is 17.8 Å². The van der Waals surface area contributed by atoms with Crippen molar-refractivity contribution in [3.8, 4) is 0 Å². The predicted octanol–water partition coefficient (Wildman–Crippen LogP) is 0.885. The third-order valence-corrected chi connectivity index (χ3v) is 1.72. The number of pyridine rings is 1. The molecule has 0 unspecified atom stereocenters. The summed E-state index contributed by atoms with van der Waals surface area (Å²) in [6.45, 7) is 1.92. The average molecular weight is 148 g/mol. The Morgan fingerprint density at radius 3 is 3.18 bits per heavy atom. The summed E-state index contributed by atoms with van der Waals surface area (Å²) in [5, 5.41) is 2.72. The molecule has 0 saturated carbocycles. The lowest BCUT2D eigenvalue weighted by atomic mass is 10.2. The molecule has 0 radical (unpaired) electrons. The molecule has 1 N–H and O–H groups in total. The van der Waals surface area contributed by atoms with Crippen LogP contribution in [0.15, 0.2) is 12.1 Å². The Kier molecular flexibility index (Phi) is 1.18. The quantitative estimate of drug-likeness (QED) is 0.593. The first-order chi connectivity index (χ1) is 5.25. The number of hydrogen-bond donors (Lipinski definition) is 1. The zero-order valence-corrected chi connectivity index (χ0v) is 6.22. The lowest BCUT2D eigenvalue weighted by Crippen LogP contribution is -2.03. The van der Waals surface area contributed by atoms with E-state index in [1.54, 1.807) is 0 Å². The SMILES string of the molecule is Cc1ccc2c(n1)CC(=O)N2. The Bertz CT molecular complexity index is 320. The van der Waals surface area contributed by atoms with Gasteiger partial charge in [0.25, 0.3) is 0 Å². The summed E-state index contributed by atoms with van der Waals surface area (Å²) in [4.78, 5) is 15.1. The molecule has 3 nitrogen and oxygen atoms in total. The van der Waals surface area contributed by atoms with E-state index in [2.05, 4.69) is 10.3 Å². The highest BCUT2D eigenvalue weighted by molar-refractivity contribution is 5.98. The van der Waals surface area contributed by atoms with Crippen molar-refractivity contribution in [2.24, 2.45) is 0 Å². The van der Waals surface area contributed by atoms with E-state index in [1.165, 1.54) is 0 Å². The van der Waals surface area contributed by atoms with E-state index in [0.717, 1.165) is 17.1 Å². The maximum atomic E-state index is 10.9. The number of anilines is 1. The number of carbonyl (C=O) groups excluding carboxylic acids is 1. The lowest BCUT2D eigenvalue weighted by Gasteiger charge is -1.96. The molecule has 11 heavy (non-hydrogen) atoms. The minimum Gasteiger partial charge on any atom is -0.324 e. The van der Waals surface area contributed by atoms with E-state index in [1.807, 2.05) is 19.1 Å². The first-order valence-corrected chi connectivity index (χ1v) is 3.52. The molecule has 0 atom stereocenters. The zero-order valence-electron chi connectivity index (χ0n) is 6.22. The molecular weight excluding hydrogens is 140 g/mol. The molecule has 0 aliphatic carbocycles. The maximum absolute atomic E-state index is 10.9. The van der Waals surface area contributed by atoms with Crippen LogP contribution in [0.4, 0.5) is 5.69 Å². The molecule has 0 fully saturated rings. The van der Waals surface area contributed by atoms with Crippen molar-refractivity contribution in [1.82, 2.24) is 4.98 Å². The van der Waals surface area contributed by atoms with Crippen LogP contribution >= 0.6 is 0 Å². The van der Waals surface area contributed by atoms with Gasteiger partial charge in [-0.25, -0.2) is 0 Å². The summed E-state index contributed by atoms with van der Waals surface area (Å²) in [6, 6.07) is 3.78. The van der Waals surface area contributed by atoms with E-state index in [9.17, 15) is 4.79 Å². The van der Waals surface area contributed by atoms with Gasteiger partial charge in [-0.2, -0.15) is 0 Å². The Morgan fingerprint density at radius 1 is 1.55 bits per heavy atom. The first-order valence-electron chi connectivity index (χ1n) is 3.52. The van der Waals surface area contributed by atoms with Gasteiger partial charge in [-0.3, -0.25) is 9.78 Å². The molecule has 1 aromatic rings. The van der Waals surface area contributed by atoms with E-state index in [-0.39, 0.29) is 5.91 Å². The highest BCUT2D eigenvalue weighted by Crippen LogP contribution is 2.20. The molecule has 2 heterocycles. The topological polar surface area (TPSA) is 42.0 Å². The molecule has 1 aliphatic heterocycles. The fourth-order valence-electron chi connectivity index (χ4n) is 1.21. The summed E-state index contributed by atoms with van der Waals surface area (Å²) in [7, 11) is 0. The number of aryl methyl sites for hydroxylation is 1. The van der Waals surface area contributed by atoms with E-state index in [0.29, 0.717) is 6.42 Å². The first kappa shape index (κ1) is 6.34. The maximum Gasteiger partial charge on any atom is 0.230 e. The monoisotopic (exact) mass is 148 g/mol. The number of nitrogens with one attached hydrogen (secondary N) is 1. The van der Waals surface area contributed by atoms with Crippen molar-refractivity contribution in [2.75, 3.05) is 5.32 Å². The van der Waals surface area contributed by atoms with Crippen molar-refractivity contribution in [2.45, 2.75) is 13.3 Å². The van der Waals surface area contributed by atoms with Gasteiger partial charge in [0, 0.05) is 5.69 Å². The van der Waals surface area contributed by atoms with Crippen molar-refractivity contribution in [3.05, 3.63) is 23.5 Å². The number of nitrogens with zero attached hydrogens (tertiary/aromatic N) is 1. The number of aromatic nitrogens is 1. The minimum absolute atomic E-state index is 0.0399. The minimum atomic E-state index is 0.0399. The fraction of sp³-hybridized carbons (Fsp3) is 0.250. The Morgan fingerprint density at radius 2 is 2.36 bits per heavy atom. The van der Waals surface area contributed by atoms with Crippen LogP contribution in [-0.4, -0.2) is 10.9 Å². The van der Waals surface area contributed by atoms with E-state index in [4.69, 9.17) is 0 Å². The van der Waals surface area contributed by atoms with Gasteiger partial charge >= 0.3 is 0 Å². The summed E-state index contributed by atoms with van der Waals surface area (Å²) >= 11 is 0. The number of hydrogen-bond acceptors (Lipinski definition) is 2. The largest absolute Gasteiger partial charge is 0.324 e. The molecule has 1 aliphatic rings. The molecule has 56 valence electrons. The average Bonchev–Trinajstić information content (AvgIpc) is 2.27. The summed E-state index contributed by atoms with van der Waals surface area (Å²) in [6.07, 6.45) is 0.428. The molecule has 0 aromatic carbocycles. The van der Waals surface area contributed by atoms with Crippen LogP contribution in [0.2, 0.25) is 0 Å². The number of amides is 1. The van der Waals surface area contributed by atoms with Gasteiger partial charge < -0.3 is 5.32 Å².